The van der Waals surface area contributed by atoms with Gasteiger partial charge in [-0.2, -0.15) is 0 Å². The molecule has 0 saturated heterocycles. The molecule has 5 nitrogen and oxygen atoms in total. The summed E-state index contributed by atoms with van der Waals surface area (Å²) < 4.78 is 25.4. The predicted octanol–water partition coefficient (Wildman–Crippen LogP) is 3.91. The second-order valence-corrected chi connectivity index (χ2v) is 9.15. The summed E-state index contributed by atoms with van der Waals surface area (Å²) in [5.41, 5.74) is 2.10. The second-order valence-electron chi connectivity index (χ2n) is 6.70. The minimum absolute atomic E-state index is 0.0606. The number of ketones is 1. The third-order valence-corrected chi connectivity index (χ3v) is 6.22. The quantitative estimate of drug-likeness (QED) is 0.652. The van der Waals surface area contributed by atoms with E-state index in [0.29, 0.717) is 52.0 Å². The number of sulfone groups is 1. The summed E-state index contributed by atoms with van der Waals surface area (Å²) in [6, 6.07) is 11.1. The minimum Gasteiger partial charge on any atom is -0.294 e. The zero-order valence-electron chi connectivity index (χ0n) is 14.5. The lowest BCUT2D eigenvalue weighted by atomic mass is 9.94. The molecule has 1 aliphatic carbocycles. The van der Waals surface area contributed by atoms with Gasteiger partial charge in [-0.15, -0.1) is 0 Å². The van der Waals surface area contributed by atoms with Gasteiger partial charge in [-0.25, -0.2) is 8.42 Å². The number of fused-ring (bicyclic) bond motifs is 3. The zero-order valence-corrected chi connectivity index (χ0v) is 16.1. The van der Waals surface area contributed by atoms with Crippen LogP contribution in [0.5, 0.6) is 0 Å². The van der Waals surface area contributed by atoms with Crippen molar-refractivity contribution in [2.24, 2.45) is 0 Å². The molecule has 3 aromatic rings. The van der Waals surface area contributed by atoms with Gasteiger partial charge >= 0.3 is 0 Å². The Labute approximate surface area is 161 Å². The van der Waals surface area contributed by atoms with E-state index in [9.17, 15) is 18.0 Å². The van der Waals surface area contributed by atoms with Crippen LogP contribution in [0.1, 0.15) is 39.3 Å². The van der Waals surface area contributed by atoms with Crippen LogP contribution in [0.2, 0.25) is 5.02 Å². The zero-order chi connectivity index (χ0) is 19.3. The standard InChI is InChI=1S/C20H16ClNO4S/c1-27(25,26)14-9-10-16-15(11-14)19-17(3-2-4-18(19)23)22(16)20(24)12-5-7-13(21)8-6-12/h5-11H,2-4H2,1H3. The molecular weight excluding hydrogens is 386 g/mol. The van der Waals surface area contributed by atoms with E-state index < -0.39 is 9.84 Å². The average Bonchev–Trinajstić information content (AvgIpc) is 2.95. The Balaban J connectivity index is 2.02. The van der Waals surface area contributed by atoms with Crippen molar-refractivity contribution in [2.75, 3.05) is 6.26 Å². The SMILES string of the molecule is CS(=O)(=O)c1ccc2c(c1)c1c(n2C(=O)c2ccc(Cl)cc2)CCCC1=O. The molecule has 2 aromatic carbocycles. The maximum Gasteiger partial charge on any atom is 0.262 e. The van der Waals surface area contributed by atoms with Crippen LogP contribution in [0.4, 0.5) is 0 Å². The Hall–Kier alpha value is -2.44. The molecule has 0 atom stereocenters. The molecule has 0 aliphatic heterocycles. The summed E-state index contributed by atoms with van der Waals surface area (Å²) in [7, 11) is -3.43. The third kappa shape index (κ3) is 2.99. The first kappa shape index (κ1) is 17.9. The summed E-state index contributed by atoms with van der Waals surface area (Å²) in [6.07, 6.45) is 2.76. The predicted molar refractivity (Wildman–Crippen MR) is 103 cm³/mol. The van der Waals surface area contributed by atoms with Crippen LogP contribution in [0.15, 0.2) is 47.4 Å². The van der Waals surface area contributed by atoms with Crippen LogP contribution in [-0.4, -0.2) is 30.9 Å². The molecule has 0 unspecified atom stereocenters. The minimum atomic E-state index is -3.43. The van der Waals surface area contributed by atoms with E-state index in [-0.39, 0.29) is 16.6 Å². The van der Waals surface area contributed by atoms with E-state index in [0.717, 1.165) is 6.26 Å². The van der Waals surface area contributed by atoms with Crippen LogP contribution < -0.4 is 0 Å². The second kappa shape index (κ2) is 6.32. The lowest BCUT2D eigenvalue weighted by molar-refractivity contribution is 0.0957. The molecule has 1 heterocycles. The first-order chi connectivity index (χ1) is 12.8. The van der Waals surface area contributed by atoms with E-state index >= 15 is 0 Å². The maximum atomic E-state index is 13.2. The fourth-order valence-corrected chi connectivity index (χ4v) is 4.37. The maximum absolute atomic E-state index is 13.2. The summed E-state index contributed by atoms with van der Waals surface area (Å²) in [5, 5.41) is 1.04. The van der Waals surface area contributed by atoms with Gasteiger partial charge in [-0.05, 0) is 55.3 Å². The van der Waals surface area contributed by atoms with Gasteiger partial charge in [0.05, 0.1) is 10.4 Å². The van der Waals surface area contributed by atoms with E-state index in [4.69, 9.17) is 11.6 Å². The number of aromatic nitrogens is 1. The van der Waals surface area contributed by atoms with Gasteiger partial charge in [-0.1, -0.05) is 11.6 Å². The van der Waals surface area contributed by atoms with Crippen LogP contribution >= 0.6 is 11.6 Å². The van der Waals surface area contributed by atoms with E-state index in [2.05, 4.69) is 0 Å². The molecular formula is C20H16ClNO4S. The highest BCUT2D eigenvalue weighted by atomic mass is 35.5. The number of Topliss-reactive ketones (excluding diaryl/α,β-unsaturated/α-hetero) is 1. The average molecular weight is 402 g/mol. The Morgan fingerprint density at radius 2 is 1.78 bits per heavy atom. The molecule has 0 radical (unpaired) electrons. The molecule has 0 saturated carbocycles. The van der Waals surface area contributed by atoms with Crippen LogP contribution in [0.3, 0.4) is 0 Å². The van der Waals surface area contributed by atoms with Gasteiger partial charge < -0.3 is 0 Å². The van der Waals surface area contributed by atoms with Crippen molar-refractivity contribution in [3.63, 3.8) is 0 Å². The summed E-state index contributed by atoms with van der Waals surface area (Å²) in [4.78, 5) is 25.9. The van der Waals surface area contributed by atoms with Crippen LogP contribution in [-0.2, 0) is 16.3 Å². The van der Waals surface area contributed by atoms with E-state index in [1.165, 1.54) is 16.7 Å². The number of benzene rings is 2. The molecule has 0 N–H and O–H groups in total. The molecule has 0 spiro atoms. The number of hydrogen-bond acceptors (Lipinski definition) is 4. The van der Waals surface area contributed by atoms with Crippen molar-refractivity contribution in [1.29, 1.82) is 0 Å². The van der Waals surface area contributed by atoms with Gasteiger partial charge in [-0.3, -0.25) is 14.2 Å². The number of nitrogens with zero attached hydrogens (tertiary/aromatic N) is 1. The molecule has 4 rings (SSSR count). The van der Waals surface area contributed by atoms with Crippen molar-refractivity contribution in [3.8, 4) is 0 Å². The first-order valence-corrected chi connectivity index (χ1v) is 10.7. The molecule has 1 aromatic heterocycles. The van der Waals surface area contributed by atoms with Gasteiger partial charge in [0.15, 0.2) is 15.6 Å². The highest BCUT2D eigenvalue weighted by molar-refractivity contribution is 7.90. The van der Waals surface area contributed by atoms with Gasteiger partial charge in [0, 0.05) is 39.9 Å². The fraction of sp³-hybridized carbons (Fsp3) is 0.200. The molecule has 27 heavy (non-hydrogen) atoms. The number of carbonyl (C=O) groups is 2. The smallest absolute Gasteiger partial charge is 0.262 e. The van der Waals surface area contributed by atoms with Crippen LogP contribution in [0, 0.1) is 0 Å². The van der Waals surface area contributed by atoms with E-state index in [1.807, 2.05) is 0 Å². The monoisotopic (exact) mass is 401 g/mol. The van der Waals surface area contributed by atoms with Gasteiger partial charge in [0.2, 0.25) is 0 Å². The number of halogens is 1. The highest BCUT2D eigenvalue weighted by Gasteiger charge is 2.29. The Kier molecular flexibility index (Phi) is 4.20. The Morgan fingerprint density at radius 1 is 1.07 bits per heavy atom. The molecule has 0 amide bonds. The van der Waals surface area contributed by atoms with Crippen molar-refractivity contribution in [3.05, 3.63) is 64.3 Å². The number of rotatable bonds is 2. The van der Waals surface area contributed by atoms with Gasteiger partial charge in [0.1, 0.15) is 0 Å². The van der Waals surface area contributed by atoms with Crippen LogP contribution in [0.25, 0.3) is 10.9 Å². The molecule has 0 fully saturated rings. The fourth-order valence-electron chi connectivity index (χ4n) is 3.60. The molecule has 0 bridgehead atoms. The first-order valence-electron chi connectivity index (χ1n) is 8.48. The third-order valence-electron chi connectivity index (χ3n) is 4.86. The normalized spacial score (nSPS) is 14.4. The van der Waals surface area contributed by atoms with E-state index in [1.54, 1.807) is 30.3 Å². The topological polar surface area (TPSA) is 73.2 Å². The van der Waals surface area contributed by atoms with Crippen molar-refractivity contribution >= 4 is 44.0 Å². The molecule has 138 valence electrons. The van der Waals surface area contributed by atoms with Crippen molar-refractivity contribution in [1.82, 2.24) is 4.57 Å². The number of carbonyl (C=O) groups excluding carboxylic acids is 2. The Bertz CT molecular complexity index is 1210. The largest absolute Gasteiger partial charge is 0.294 e. The summed E-state index contributed by atoms with van der Waals surface area (Å²) >= 11 is 5.91. The summed E-state index contributed by atoms with van der Waals surface area (Å²) in [5.74, 6) is -0.325. The number of hydrogen-bond donors (Lipinski definition) is 0. The highest BCUT2D eigenvalue weighted by Crippen LogP contribution is 2.34. The Morgan fingerprint density at radius 3 is 2.44 bits per heavy atom. The van der Waals surface area contributed by atoms with Crippen molar-refractivity contribution < 1.29 is 18.0 Å². The molecule has 1 aliphatic rings. The molecule has 7 heteroatoms. The lowest BCUT2D eigenvalue weighted by Crippen LogP contribution is -2.19. The summed E-state index contributed by atoms with van der Waals surface area (Å²) in [6.45, 7) is 0. The lowest BCUT2D eigenvalue weighted by Gasteiger charge is -2.14. The van der Waals surface area contributed by atoms with Crippen molar-refractivity contribution in [2.45, 2.75) is 24.2 Å². The van der Waals surface area contributed by atoms with Gasteiger partial charge in [0.25, 0.3) is 5.91 Å².